The molecule has 0 atom stereocenters. The van der Waals surface area contributed by atoms with E-state index in [0.717, 1.165) is 79.6 Å². The first kappa shape index (κ1) is 29.1. The highest BCUT2D eigenvalue weighted by Gasteiger charge is 2.24. The van der Waals surface area contributed by atoms with Crippen LogP contribution >= 0.6 is 0 Å². The van der Waals surface area contributed by atoms with E-state index in [4.69, 9.17) is 0 Å². The molecule has 0 unspecified atom stereocenters. The third-order valence-electron chi connectivity index (χ3n) is 8.41. The Labute approximate surface area is 238 Å². The molecule has 4 aromatic rings. The lowest BCUT2D eigenvalue weighted by molar-refractivity contribution is 0.464. The third-order valence-corrected chi connectivity index (χ3v) is 8.41. The monoisotopic (exact) mass is 538 g/mol. The van der Waals surface area contributed by atoms with Crippen LogP contribution in [0.15, 0.2) is 48.5 Å². The Bertz CT molecular complexity index is 1250. The van der Waals surface area contributed by atoms with E-state index in [1.54, 1.807) is 0 Å². The fraction of sp³-hybridized carbons (Fsp3) is 0.333. The molecule has 4 heteroatoms. The van der Waals surface area contributed by atoms with Gasteiger partial charge >= 0.3 is 0 Å². The Kier molecular flexibility index (Phi) is 8.20. The molecule has 4 aromatic carbocycles. The van der Waals surface area contributed by atoms with Gasteiger partial charge < -0.3 is 20.4 Å². The molecule has 0 fully saturated rings. The Balaban J connectivity index is 1.85. The highest BCUT2D eigenvalue weighted by Crippen LogP contribution is 2.42. The summed E-state index contributed by atoms with van der Waals surface area (Å²) in [6.45, 7) is 15.5. The lowest BCUT2D eigenvalue weighted by Crippen LogP contribution is -2.09. The van der Waals surface area contributed by atoms with Crippen molar-refractivity contribution in [2.24, 2.45) is 0 Å². The predicted octanol–water partition coefficient (Wildman–Crippen LogP) is 8.72. The average Bonchev–Trinajstić information content (AvgIpc) is 2.89. The largest absolute Gasteiger partial charge is 0.507 e. The van der Waals surface area contributed by atoms with Crippen LogP contribution in [0.5, 0.6) is 23.0 Å². The van der Waals surface area contributed by atoms with E-state index < -0.39 is 0 Å². The van der Waals surface area contributed by atoms with Gasteiger partial charge in [-0.15, -0.1) is 0 Å². The van der Waals surface area contributed by atoms with E-state index in [1.807, 2.05) is 55.4 Å². The average molecular weight is 539 g/mol. The van der Waals surface area contributed by atoms with Gasteiger partial charge in [-0.3, -0.25) is 0 Å². The van der Waals surface area contributed by atoms with Gasteiger partial charge in [-0.25, -0.2) is 0 Å². The summed E-state index contributed by atoms with van der Waals surface area (Å²) < 4.78 is 0. The van der Waals surface area contributed by atoms with E-state index in [9.17, 15) is 20.4 Å². The summed E-state index contributed by atoms with van der Waals surface area (Å²) in [5.74, 6) is 1.37. The smallest absolute Gasteiger partial charge is 0.121 e. The highest BCUT2D eigenvalue weighted by atomic mass is 16.3. The van der Waals surface area contributed by atoms with Gasteiger partial charge in [0.2, 0.25) is 0 Å². The van der Waals surface area contributed by atoms with Crippen LogP contribution in [0, 0.1) is 55.4 Å². The fourth-order valence-corrected chi connectivity index (χ4v) is 6.15. The molecule has 0 saturated carbocycles. The number of hydrogen-bond acceptors (Lipinski definition) is 4. The van der Waals surface area contributed by atoms with E-state index in [0.29, 0.717) is 23.0 Å². The van der Waals surface area contributed by atoms with Gasteiger partial charge in [0.15, 0.2) is 0 Å². The zero-order valence-corrected chi connectivity index (χ0v) is 25.0. The Morgan fingerprint density at radius 2 is 0.500 bits per heavy atom. The second-order valence-corrected chi connectivity index (χ2v) is 11.7. The maximum absolute atomic E-state index is 10.5. The summed E-state index contributed by atoms with van der Waals surface area (Å²) in [6.07, 6.45) is 1.63. The molecular weight excluding hydrogens is 496 g/mol. The van der Waals surface area contributed by atoms with Crippen molar-refractivity contribution in [3.05, 3.63) is 115 Å². The van der Waals surface area contributed by atoms with Crippen molar-refractivity contribution < 1.29 is 20.4 Å². The lowest BCUT2D eigenvalue weighted by Gasteiger charge is -2.26. The molecule has 0 aromatic heterocycles. The molecule has 0 aliphatic heterocycles. The molecule has 0 aliphatic carbocycles. The molecular formula is C36H42O4. The SMILES string of the molecule is Cc1cc(C(CCC(c2cc(C)c(O)c(C)c2)c2cc(C)c(O)c(C)c2)c2cc(C)c(O)c(C)c2)cc(C)c1O. The van der Waals surface area contributed by atoms with Crippen LogP contribution in [0.1, 0.15) is 91.4 Å². The fourth-order valence-electron chi connectivity index (χ4n) is 6.15. The van der Waals surface area contributed by atoms with Gasteiger partial charge in [-0.1, -0.05) is 48.5 Å². The van der Waals surface area contributed by atoms with Gasteiger partial charge in [0.05, 0.1) is 0 Å². The second-order valence-electron chi connectivity index (χ2n) is 11.7. The number of aromatic hydroxyl groups is 4. The van der Waals surface area contributed by atoms with Crippen LogP contribution in [-0.4, -0.2) is 20.4 Å². The molecule has 0 amide bonds. The number of aryl methyl sites for hydroxylation is 8. The van der Waals surface area contributed by atoms with Gasteiger partial charge in [0, 0.05) is 11.8 Å². The van der Waals surface area contributed by atoms with E-state index in [1.165, 1.54) is 0 Å². The van der Waals surface area contributed by atoms with E-state index >= 15 is 0 Å². The van der Waals surface area contributed by atoms with Crippen LogP contribution < -0.4 is 0 Å². The van der Waals surface area contributed by atoms with Crippen molar-refractivity contribution in [1.82, 2.24) is 0 Å². The normalized spacial score (nSPS) is 11.6. The van der Waals surface area contributed by atoms with E-state index in [2.05, 4.69) is 48.5 Å². The molecule has 0 spiro atoms. The lowest BCUT2D eigenvalue weighted by atomic mass is 9.78. The molecule has 210 valence electrons. The summed E-state index contributed by atoms with van der Waals surface area (Å²) in [7, 11) is 0. The minimum atomic E-state index is 0.0390. The molecule has 4 N–H and O–H groups in total. The summed E-state index contributed by atoms with van der Waals surface area (Å²) in [5.41, 5.74) is 11.3. The van der Waals surface area contributed by atoms with Crippen molar-refractivity contribution in [1.29, 1.82) is 0 Å². The first-order chi connectivity index (χ1) is 18.8. The van der Waals surface area contributed by atoms with Crippen LogP contribution in [-0.2, 0) is 0 Å². The minimum absolute atomic E-state index is 0.0390. The summed E-state index contributed by atoms with van der Waals surface area (Å²) in [6, 6.07) is 16.6. The predicted molar refractivity (Wildman–Crippen MR) is 163 cm³/mol. The van der Waals surface area contributed by atoms with Crippen LogP contribution in [0.3, 0.4) is 0 Å². The molecule has 4 nitrogen and oxygen atoms in total. The van der Waals surface area contributed by atoms with Crippen molar-refractivity contribution in [2.75, 3.05) is 0 Å². The second kappa shape index (κ2) is 11.3. The van der Waals surface area contributed by atoms with E-state index in [-0.39, 0.29) is 11.8 Å². The van der Waals surface area contributed by atoms with Gasteiger partial charge in [0.25, 0.3) is 0 Å². The van der Waals surface area contributed by atoms with Gasteiger partial charge in [-0.05, 0) is 135 Å². The zero-order valence-electron chi connectivity index (χ0n) is 25.0. The number of benzene rings is 4. The quantitative estimate of drug-likeness (QED) is 0.190. The molecule has 0 radical (unpaired) electrons. The van der Waals surface area contributed by atoms with Gasteiger partial charge in [0.1, 0.15) is 23.0 Å². The minimum Gasteiger partial charge on any atom is -0.507 e. The van der Waals surface area contributed by atoms with Crippen molar-refractivity contribution in [2.45, 2.75) is 80.1 Å². The summed E-state index contributed by atoms with van der Waals surface area (Å²) in [4.78, 5) is 0. The molecule has 40 heavy (non-hydrogen) atoms. The van der Waals surface area contributed by atoms with Crippen molar-refractivity contribution in [3.8, 4) is 23.0 Å². The first-order valence-corrected chi connectivity index (χ1v) is 14.0. The van der Waals surface area contributed by atoms with Crippen molar-refractivity contribution >= 4 is 0 Å². The first-order valence-electron chi connectivity index (χ1n) is 14.0. The number of phenolic OH excluding ortho intramolecular Hbond substituents is 4. The molecule has 0 aliphatic rings. The zero-order chi connectivity index (χ0) is 29.5. The number of hydrogen-bond donors (Lipinski definition) is 4. The Morgan fingerprint density at radius 1 is 0.350 bits per heavy atom. The standard InChI is InChI=1S/C36H42O4/c1-19-11-27(12-20(2)33(19)37)31(28-13-21(3)34(38)22(4)14-28)9-10-32(29-15-23(5)35(39)24(6)16-29)30-17-25(7)36(40)26(8)18-30/h11-18,31-32,37-40H,9-10H2,1-8H3. The number of phenols is 4. The maximum atomic E-state index is 10.5. The van der Waals surface area contributed by atoms with Gasteiger partial charge in [-0.2, -0.15) is 0 Å². The highest BCUT2D eigenvalue weighted by molar-refractivity contribution is 5.51. The Morgan fingerprint density at radius 3 is 0.650 bits per heavy atom. The third kappa shape index (κ3) is 5.67. The molecule has 0 bridgehead atoms. The topological polar surface area (TPSA) is 80.9 Å². The summed E-state index contributed by atoms with van der Waals surface area (Å²) >= 11 is 0. The molecule has 0 heterocycles. The molecule has 4 rings (SSSR count). The van der Waals surface area contributed by atoms with Crippen LogP contribution in [0.25, 0.3) is 0 Å². The van der Waals surface area contributed by atoms with Crippen LogP contribution in [0.4, 0.5) is 0 Å². The summed E-state index contributed by atoms with van der Waals surface area (Å²) in [5, 5.41) is 42.0. The molecule has 0 saturated heterocycles. The maximum Gasteiger partial charge on any atom is 0.121 e. The van der Waals surface area contributed by atoms with Crippen LogP contribution in [0.2, 0.25) is 0 Å². The number of rotatable bonds is 7. The Hall–Kier alpha value is -3.92. The van der Waals surface area contributed by atoms with Crippen molar-refractivity contribution in [3.63, 3.8) is 0 Å².